The number of hydrogen-bond acceptors (Lipinski definition) is 5. The second kappa shape index (κ2) is 10.7. The van der Waals surface area contributed by atoms with Gasteiger partial charge in [0.1, 0.15) is 12.2 Å². The van der Waals surface area contributed by atoms with Gasteiger partial charge < -0.3 is 24.8 Å². The largest absolute Gasteiger partial charge is 0.493 e. The molecule has 0 aliphatic carbocycles. The van der Waals surface area contributed by atoms with Crippen molar-refractivity contribution in [3.05, 3.63) is 69.4 Å². The van der Waals surface area contributed by atoms with Crippen LogP contribution in [0.1, 0.15) is 82.3 Å². The molecule has 1 unspecified atom stereocenters. The molecule has 0 spiro atoms. The predicted octanol–water partition coefficient (Wildman–Crippen LogP) is 6.32. The lowest BCUT2D eigenvalue weighted by Gasteiger charge is -2.32. The van der Waals surface area contributed by atoms with Crippen molar-refractivity contribution in [2.75, 3.05) is 7.11 Å². The molecule has 200 valence electrons. The van der Waals surface area contributed by atoms with Crippen LogP contribution in [0.4, 0.5) is 0 Å². The van der Waals surface area contributed by atoms with E-state index in [4.69, 9.17) is 26.4 Å². The van der Waals surface area contributed by atoms with Crippen LogP contribution in [-0.4, -0.2) is 23.8 Å². The topological polar surface area (TPSA) is 68.8 Å². The van der Waals surface area contributed by atoms with E-state index >= 15 is 0 Å². The number of esters is 1. The summed E-state index contributed by atoms with van der Waals surface area (Å²) in [5, 5.41) is 6.69. The number of thiocarbonyl (C=S) groups is 1. The maximum atomic E-state index is 13.1. The zero-order valence-corrected chi connectivity index (χ0v) is 24.5. The van der Waals surface area contributed by atoms with E-state index in [-0.39, 0.29) is 5.41 Å². The highest BCUT2D eigenvalue weighted by molar-refractivity contribution is 7.80. The first-order valence-electron chi connectivity index (χ1n) is 12.5. The number of aryl methyl sites for hydroxylation is 2. The molecule has 2 aromatic rings. The van der Waals surface area contributed by atoms with Gasteiger partial charge in [0.15, 0.2) is 16.6 Å². The van der Waals surface area contributed by atoms with E-state index < -0.39 is 17.6 Å². The zero-order valence-electron chi connectivity index (χ0n) is 23.7. The van der Waals surface area contributed by atoms with Crippen LogP contribution in [0.2, 0.25) is 0 Å². The van der Waals surface area contributed by atoms with Gasteiger partial charge in [0.25, 0.3) is 0 Å². The van der Waals surface area contributed by atoms with Gasteiger partial charge in [0.2, 0.25) is 0 Å². The van der Waals surface area contributed by atoms with E-state index in [1.807, 2.05) is 45.9 Å². The molecule has 1 heterocycles. The van der Waals surface area contributed by atoms with Crippen molar-refractivity contribution in [3.8, 4) is 11.5 Å². The fourth-order valence-corrected chi connectivity index (χ4v) is 4.61. The van der Waals surface area contributed by atoms with Crippen LogP contribution < -0.4 is 20.1 Å². The first kappa shape index (κ1) is 28.5. The van der Waals surface area contributed by atoms with E-state index in [1.165, 1.54) is 16.7 Å². The Labute approximate surface area is 226 Å². The number of carbonyl (C=O) groups excluding carboxylic acids is 1. The Kier molecular flexibility index (Phi) is 8.27. The summed E-state index contributed by atoms with van der Waals surface area (Å²) in [6, 6.07) is 9.66. The van der Waals surface area contributed by atoms with Crippen LogP contribution in [0.25, 0.3) is 0 Å². The van der Waals surface area contributed by atoms with Crippen molar-refractivity contribution in [1.29, 1.82) is 0 Å². The van der Waals surface area contributed by atoms with Gasteiger partial charge in [0, 0.05) is 5.70 Å². The number of benzene rings is 2. The van der Waals surface area contributed by atoms with Crippen LogP contribution in [0, 0.1) is 13.8 Å². The Bertz CT molecular complexity index is 1210. The Morgan fingerprint density at radius 1 is 0.973 bits per heavy atom. The van der Waals surface area contributed by atoms with Gasteiger partial charge in [-0.2, -0.15) is 0 Å². The molecular weight excluding hydrogens is 484 g/mol. The number of methoxy groups -OCH3 is 1. The quantitative estimate of drug-likeness (QED) is 0.338. The molecule has 1 aliphatic heterocycles. The van der Waals surface area contributed by atoms with E-state index in [2.05, 4.69) is 57.4 Å². The van der Waals surface area contributed by atoms with Crippen molar-refractivity contribution in [2.24, 2.45) is 0 Å². The second-order valence-corrected chi connectivity index (χ2v) is 12.0. The lowest BCUT2D eigenvalue weighted by atomic mass is 9.84. The highest BCUT2D eigenvalue weighted by Gasteiger charge is 2.33. The summed E-state index contributed by atoms with van der Waals surface area (Å²) in [7, 11) is 1.61. The summed E-state index contributed by atoms with van der Waals surface area (Å²) < 4.78 is 17.6. The van der Waals surface area contributed by atoms with Crippen LogP contribution in [-0.2, 0) is 21.6 Å². The minimum Gasteiger partial charge on any atom is -0.493 e. The molecule has 0 radical (unpaired) electrons. The van der Waals surface area contributed by atoms with Crippen LogP contribution in [0.15, 0.2) is 41.6 Å². The highest BCUT2D eigenvalue weighted by atomic mass is 32.1. The molecule has 2 N–H and O–H groups in total. The Balaban J connectivity index is 1.89. The molecule has 0 fully saturated rings. The zero-order chi connectivity index (χ0) is 27.7. The molecule has 1 atom stereocenters. The Hall–Kier alpha value is -3.06. The first-order chi connectivity index (χ1) is 17.1. The molecular formula is C30H40N2O4S. The number of nitrogens with one attached hydrogen (secondary N) is 2. The summed E-state index contributed by atoms with van der Waals surface area (Å²) in [6.45, 7) is 18.7. The van der Waals surface area contributed by atoms with Gasteiger partial charge in [-0.25, -0.2) is 4.79 Å². The Morgan fingerprint density at radius 2 is 1.59 bits per heavy atom. The molecule has 6 nitrogen and oxygen atoms in total. The maximum Gasteiger partial charge on any atom is 0.338 e. The molecule has 3 rings (SSSR count). The molecule has 7 heteroatoms. The summed E-state index contributed by atoms with van der Waals surface area (Å²) in [4.78, 5) is 13.1. The van der Waals surface area contributed by atoms with Crippen molar-refractivity contribution in [3.63, 3.8) is 0 Å². The molecule has 1 aliphatic rings. The third kappa shape index (κ3) is 6.83. The number of carbonyl (C=O) groups is 1. The second-order valence-electron chi connectivity index (χ2n) is 11.6. The number of hydrogen-bond donors (Lipinski definition) is 2. The minimum atomic E-state index is -0.621. The molecule has 0 saturated heterocycles. The van der Waals surface area contributed by atoms with Crippen molar-refractivity contribution in [2.45, 2.75) is 86.0 Å². The fraction of sp³-hybridized carbons (Fsp3) is 0.467. The highest BCUT2D eigenvalue weighted by Crippen LogP contribution is 2.36. The predicted molar refractivity (Wildman–Crippen MR) is 152 cm³/mol. The van der Waals surface area contributed by atoms with Gasteiger partial charge in [-0.3, -0.25) is 0 Å². The molecule has 2 aromatic carbocycles. The van der Waals surface area contributed by atoms with E-state index in [1.54, 1.807) is 7.11 Å². The maximum absolute atomic E-state index is 13.1. The fourth-order valence-electron chi connectivity index (χ4n) is 4.33. The average molecular weight is 525 g/mol. The third-order valence-corrected chi connectivity index (χ3v) is 6.56. The molecule has 0 bridgehead atoms. The smallest absolute Gasteiger partial charge is 0.338 e. The van der Waals surface area contributed by atoms with E-state index in [9.17, 15) is 4.79 Å². The van der Waals surface area contributed by atoms with Gasteiger partial charge in [-0.05, 0) is 99.1 Å². The van der Waals surface area contributed by atoms with Crippen molar-refractivity contribution >= 4 is 23.3 Å². The van der Waals surface area contributed by atoms with Gasteiger partial charge >= 0.3 is 5.97 Å². The summed E-state index contributed by atoms with van der Waals surface area (Å²) in [5.41, 5.74) is 6.30. The van der Waals surface area contributed by atoms with Crippen LogP contribution >= 0.6 is 12.2 Å². The molecule has 0 saturated carbocycles. The minimum absolute atomic E-state index is 0.0872. The standard InChI is InChI=1S/C30H40N2O4S/c1-17-13-21(29(4,5)6)14-18(2)22(17)16-35-23-12-11-20(15-24(23)34-10)26-25(19(3)31-28(37)32-26)27(33)36-30(7,8)9/h11-15,26H,16H2,1-10H3,(H2,31,32,37). The molecule has 37 heavy (non-hydrogen) atoms. The third-order valence-electron chi connectivity index (χ3n) is 6.34. The van der Waals surface area contributed by atoms with Gasteiger partial charge in [-0.1, -0.05) is 39.0 Å². The van der Waals surface area contributed by atoms with Crippen LogP contribution in [0.5, 0.6) is 11.5 Å². The van der Waals surface area contributed by atoms with Crippen molar-refractivity contribution in [1.82, 2.24) is 10.6 Å². The Morgan fingerprint density at radius 3 is 2.14 bits per heavy atom. The van der Waals surface area contributed by atoms with E-state index in [0.29, 0.717) is 34.5 Å². The lowest BCUT2D eigenvalue weighted by Crippen LogP contribution is -2.45. The lowest BCUT2D eigenvalue weighted by molar-refractivity contribution is -0.150. The monoisotopic (exact) mass is 524 g/mol. The summed E-state index contributed by atoms with van der Waals surface area (Å²) in [5.74, 6) is 0.800. The van der Waals surface area contributed by atoms with Gasteiger partial charge in [-0.15, -0.1) is 0 Å². The number of ether oxygens (including phenoxy) is 3. The van der Waals surface area contributed by atoms with E-state index in [0.717, 1.165) is 11.1 Å². The van der Waals surface area contributed by atoms with Crippen molar-refractivity contribution < 1.29 is 19.0 Å². The molecule has 0 aromatic heterocycles. The molecule has 0 amide bonds. The summed E-state index contributed by atoms with van der Waals surface area (Å²) in [6.07, 6.45) is 0. The van der Waals surface area contributed by atoms with Gasteiger partial charge in [0.05, 0.1) is 18.7 Å². The summed E-state index contributed by atoms with van der Waals surface area (Å²) >= 11 is 5.38. The number of allylic oxidation sites excluding steroid dienone is 1. The SMILES string of the molecule is COc1cc(C2NC(=S)NC(C)=C2C(=O)OC(C)(C)C)ccc1OCc1c(C)cc(C(C)(C)C)cc1C. The van der Waals surface area contributed by atoms with Crippen LogP contribution in [0.3, 0.4) is 0 Å². The first-order valence-corrected chi connectivity index (χ1v) is 12.9. The normalized spacial score (nSPS) is 16.2. The average Bonchev–Trinajstić information content (AvgIpc) is 2.75. The number of rotatable bonds is 6.